The summed E-state index contributed by atoms with van der Waals surface area (Å²) in [6.45, 7) is 4.97. The van der Waals surface area contributed by atoms with E-state index >= 15 is 0 Å². The molecule has 6 heteroatoms. The lowest BCUT2D eigenvalue weighted by Crippen LogP contribution is -2.02. The molecule has 6 nitrogen and oxygen atoms in total. The number of hydrogen-bond acceptors (Lipinski definition) is 6. The summed E-state index contributed by atoms with van der Waals surface area (Å²) in [5.74, 6) is 1.92. The number of anilines is 2. The molecule has 19 heavy (non-hydrogen) atoms. The standard InChI is InChI=1S/C13H18N4O2/c1-3-4-18-12-6-10(14)5-11(7-12)15-8-13-16-9(2)17-19-13/h5-7,15H,3-4,8,14H2,1-2H3. The van der Waals surface area contributed by atoms with Crippen LogP contribution in [0.3, 0.4) is 0 Å². The minimum atomic E-state index is 0.456. The van der Waals surface area contributed by atoms with E-state index in [0.717, 1.165) is 17.9 Å². The van der Waals surface area contributed by atoms with Crippen LogP contribution in [0.4, 0.5) is 11.4 Å². The highest BCUT2D eigenvalue weighted by atomic mass is 16.5. The summed E-state index contributed by atoms with van der Waals surface area (Å²) in [6.07, 6.45) is 0.957. The Morgan fingerprint density at radius 1 is 1.37 bits per heavy atom. The first-order chi connectivity index (χ1) is 9.17. The first-order valence-corrected chi connectivity index (χ1v) is 6.24. The fourth-order valence-corrected chi connectivity index (χ4v) is 1.62. The van der Waals surface area contributed by atoms with Crippen molar-refractivity contribution in [3.05, 3.63) is 29.9 Å². The maximum Gasteiger partial charge on any atom is 0.245 e. The van der Waals surface area contributed by atoms with Gasteiger partial charge in [0.25, 0.3) is 0 Å². The van der Waals surface area contributed by atoms with Crippen LogP contribution in [0.2, 0.25) is 0 Å². The number of nitrogens with zero attached hydrogens (tertiary/aromatic N) is 2. The Hall–Kier alpha value is -2.24. The molecule has 0 aliphatic heterocycles. The van der Waals surface area contributed by atoms with Gasteiger partial charge in [-0.15, -0.1) is 0 Å². The number of nitrogen functional groups attached to an aromatic ring is 1. The van der Waals surface area contributed by atoms with Gasteiger partial charge in [0.1, 0.15) is 5.75 Å². The molecule has 2 rings (SSSR count). The summed E-state index contributed by atoms with van der Waals surface area (Å²) < 4.78 is 10.6. The highest BCUT2D eigenvalue weighted by molar-refractivity contribution is 5.59. The van der Waals surface area contributed by atoms with E-state index in [9.17, 15) is 0 Å². The maximum atomic E-state index is 5.83. The molecule has 0 aliphatic rings. The molecule has 0 atom stereocenters. The van der Waals surface area contributed by atoms with Gasteiger partial charge in [0, 0.05) is 23.5 Å². The number of ether oxygens (including phenoxy) is 1. The third-order valence-corrected chi connectivity index (χ3v) is 2.42. The van der Waals surface area contributed by atoms with Gasteiger partial charge in [-0.05, 0) is 19.4 Å². The number of benzene rings is 1. The largest absolute Gasteiger partial charge is 0.493 e. The molecule has 1 heterocycles. The van der Waals surface area contributed by atoms with Gasteiger partial charge in [-0.2, -0.15) is 4.98 Å². The zero-order chi connectivity index (χ0) is 13.7. The molecule has 1 aromatic heterocycles. The number of nitrogens with two attached hydrogens (primary N) is 1. The summed E-state index contributed by atoms with van der Waals surface area (Å²) in [5, 5.41) is 6.90. The van der Waals surface area contributed by atoms with E-state index in [0.29, 0.717) is 30.6 Å². The topological polar surface area (TPSA) is 86.2 Å². The van der Waals surface area contributed by atoms with Crippen molar-refractivity contribution in [2.75, 3.05) is 17.7 Å². The van der Waals surface area contributed by atoms with E-state index in [1.54, 1.807) is 13.0 Å². The predicted octanol–water partition coefficient (Wildman–Crippen LogP) is 2.36. The molecule has 0 aliphatic carbocycles. The van der Waals surface area contributed by atoms with Crippen molar-refractivity contribution < 1.29 is 9.26 Å². The van der Waals surface area contributed by atoms with E-state index in [2.05, 4.69) is 22.4 Å². The second kappa shape index (κ2) is 6.08. The van der Waals surface area contributed by atoms with Crippen LogP contribution in [-0.4, -0.2) is 16.7 Å². The minimum Gasteiger partial charge on any atom is -0.493 e. The van der Waals surface area contributed by atoms with Crippen LogP contribution in [0.25, 0.3) is 0 Å². The molecule has 0 unspecified atom stereocenters. The Kier molecular flexibility index (Phi) is 4.22. The summed E-state index contributed by atoms with van der Waals surface area (Å²) in [5.41, 5.74) is 7.35. The van der Waals surface area contributed by atoms with Crippen LogP contribution in [0.5, 0.6) is 5.75 Å². The Bertz CT molecular complexity index is 539. The Morgan fingerprint density at radius 2 is 2.21 bits per heavy atom. The van der Waals surface area contributed by atoms with Gasteiger partial charge in [0.05, 0.1) is 13.2 Å². The number of aryl methyl sites for hydroxylation is 1. The van der Waals surface area contributed by atoms with Gasteiger partial charge in [-0.3, -0.25) is 0 Å². The molecule has 1 aromatic carbocycles. The third kappa shape index (κ3) is 3.87. The highest BCUT2D eigenvalue weighted by Crippen LogP contribution is 2.23. The molecule has 0 bridgehead atoms. The Morgan fingerprint density at radius 3 is 2.89 bits per heavy atom. The molecule has 0 radical (unpaired) electrons. The SMILES string of the molecule is CCCOc1cc(N)cc(NCc2nc(C)no2)c1. The average Bonchev–Trinajstić information content (AvgIpc) is 2.79. The number of nitrogens with one attached hydrogen (secondary N) is 1. The Labute approximate surface area is 112 Å². The fraction of sp³-hybridized carbons (Fsp3) is 0.385. The van der Waals surface area contributed by atoms with Crippen molar-refractivity contribution >= 4 is 11.4 Å². The molecular formula is C13H18N4O2. The fourth-order valence-electron chi connectivity index (χ4n) is 1.62. The maximum absolute atomic E-state index is 5.83. The zero-order valence-electron chi connectivity index (χ0n) is 11.1. The number of hydrogen-bond donors (Lipinski definition) is 2. The van der Waals surface area contributed by atoms with Gasteiger partial charge < -0.3 is 20.3 Å². The Balaban J connectivity index is 2.01. The van der Waals surface area contributed by atoms with Crippen molar-refractivity contribution in [1.29, 1.82) is 0 Å². The molecule has 0 saturated carbocycles. The summed E-state index contributed by atoms with van der Waals surface area (Å²) in [4.78, 5) is 4.12. The average molecular weight is 262 g/mol. The molecule has 0 amide bonds. The lowest BCUT2D eigenvalue weighted by atomic mass is 10.2. The van der Waals surface area contributed by atoms with Crippen molar-refractivity contribution in [2.24, 2.45) is 0 Å². The van der Waals surface area contributed by atoms with Crippen molar-refractivity contribution in [1.82, 2.24) is 10.1 Å². The molecule has 102 valence electrons. The normalized spacial score (nSPS) is 10.4. The van der Waals surface area contributed by atoms with Crippen molar-refractivity contribution in [3.8, 4) is 5.75 Å². The van der Waals surface area contributed by atoms with Crippen LogP contribution in [-0.2, 0) is 6.54 Å². The van der Waals surface area contributed by atoms with Gasteiger partial charge in [0.2, 0.25) is 5.89 Å². The van der Waals surface area contributed by atoms with Gasteiger partial charge in [0.15, 0.2) is 5.82 Å². The smallest absolute Gasteiger partial charge is 0.245 e. The molecular weight excluding hydrogens is 244 g/mol. The van der Waals surface area contributed by atoms with Crippen molar-refractivity contribution in [2.45, 2.75) is 26.8 Å². The highest BCUT2D eigenvalue weighted by Gasteiger charge is 2.04. The van der Waals surface area contributed by atoms with Crippen molar-refractivity contribution in [3.63, 3.8) is 0 Å². The summed E-state index contributed by atoms with van der Waals surface area (Å²) in [7, 11) is 0. The zero-order valence-corrected chi connectivity index (χ0v) is 11.1. The van der Waals surface area contributed by atoms with Crippen LogP contribution in [0, 0.1) is 6.92 Å². The first kappa shape index (κ1) is 13.2. The monoisotopic (exact) mass is 262 g/mol. The van der Waals surface area contributed by atoms with Crippen LogP contribution in [0.1, 0.15) is 25.1 Å². The first-order valence-electron chi connectivity index (χ1n) is 6.24. The molecule has 0 spiro atoms. The molecule has 2 aromatic rings. The predicted molar refractivity (Wildman–Crippen MR) is 73.0 cm³/mol. The van der Waals surface area contributed by atoms with Crippen LogP contribution >= 0.6 is 0 Å². The van der Waals surface area contributed by atoms with Crippen LogP contribution in [0.15, 0.2) is 22.7 Å². The van der Waals surface area contributed by atoms with E-state index in [-0.39, 0.29) is 0 Å². The van der Waals surface area contributed by atoms with E-state index < -0.39 is 0 Å². The second-order valence-corrected chi connectivity index (χ2v) is 4.23. The number of rotatable bonds is 6. The summed E-state index contributed by atoms with van der Waals surface area (Å²) >= 11 is 0. The van der Waals surface area contributed by atoms with Crippen LogP contribution < -0.4 is 15.8 Å². The lowest BCUT2D eigenvalue weighted by molar-refractivity contribution is 0.318. The second-order valence-electron chi connectivity index (χ2n) is 4.23. The minimum absolute atomic E-state index is 0.456. The van der Waals surface area contributed by atoms with Gasteiger partial charge >= 0.3 is 0 Å². The molecule has 0 saturated heterocycles. The third-order valence-electron chi connectivity index (χ3n) is 2.42. The summed E-state index contributed by atoms with van der Waals surface area (Å²) in [6, 6.07) is 5.54. The van der Waals surface area contributed by atoms with E-state index in [4.69, 9.17) is 15.0 Å². The lowest BCUT2D eigenvalue weighted by Gasteiger charge is -2.09. The molecule has 3 N–H and O–H groups in total. The van der Waals surface area contributed by atoms with Gasteiger partial charge in [-0.25, -0.2) is 0 Å². The van der Waals surface area contributed by atoms with E-state index in [1.165, 1.54) is 0 Å². The van der Waals surface area contributed by atoms with E-state index in [1.807, 2.05) is 12.1 Å². The quantitative estimate of drug-likeness (QED) is 0.777. The molecule has 0 fully saturated rings. The van der Waals surface area contributed by atoms with Gasteiger partial charge in [-0.1, -0.05) is 12.1 Å². The number of aromatic nitrogens is 2.